The lowest BCUT2D eigenvalue weighted by atomic mass is 10.1. The van der Waals surface area contributed by atoms with Crippen LogP contribution in [0.15, 0.2) is 36.5 Å². The van der Waals surface area contributed by atoms with Gasteiger partial charge in [0.15, 0.2) is 0 Å². The van der Waals surface area contributed by atoms with E-state index in [0.29, 0.717) is 11.3 Å². The number of aromatic nitrogens is 1. The van der Waals surface area contributed by atoms with Gasteiger partial charge in [0.05, 0.1) is 6.20 Å². The van der Waals surface area contributed by atoms with Crippen LogP contribution in [0, 0.1) is 24.6 Å². The lowest BCUT2D eigenvalue weighted by molar-refractivity contribution is 0.102. The van der Waals surface area contributed by atoms with Crippen LogP contribution in [0.25, 0.3) is 0 Å². The first-order chi connectivity index (χ1) is 10.1. The third kappa shape index (κ3) is 4.13. The number of anilines is 1. The van der Waals surface area contributed by atoms with Crippen LogP contribution in [-0.2, 0) is 0 Å². The topological polar surface area (TPSA) is 62.2 Å². The van der Waals surface area contributed by atoms with Gasteiger partial charge in [-0.2, -0.15) is 0 Å². The predicted octanol–water partition coefficient (Wildman–Crippen LogP) is 2.13. The number of aliphatic hydroxyl groups excluding tert-OH is 1. The van der Waals surface area contributed by atoms with Gasteiger partial charge in [0, 0.05) is 11.3 Å². The zero-order chi connectivity index (χ0) is 15.2. The number of nitrogens with one attached hydrogen (secondary N) is 1. The van der Waals surface area contributed by atoms with Crippen molar-refractivity contribution in [1.29, 1.82) is 0 Å². The summed E-state index contributed by atoms with van der Waals surface area (Å²) < 4.78 is 12.8. The number of rotatable bonds is 2. The number of carbonyl (C=O) groups is 1. The van der Waals surface area contributed by atoms with E-state index in [-0.39, 0.29) is 12.3 Å². The summed E-state index contributed by atoms with van der Waals surface area (Å²) in [5.74, 6) is 4.40. The van der Waals surface area contributed by atoms with Crippen molar-refractivity contribution in [1.82, 2.24) is 4.98 Å². The minimum absolute atomic E-state index is 0.126. The number of hydrogen-bond acceptors (Lipinski definition) is 3. The van der Waals surface area contributed by atoms with Gasteiger partial charge < -0.3 is 10.4 Å². The summed E-state index contributed by atoms with van der Waals surface area (Å²) in [6.07, 6.45) is 0.989. The first kappa shape index (κ1) is 14.7. The van der Waals surface area contributed by atoms with Crippen LogP contribution >= 0.6 is 0 Å². The molecule has 1 heterocycles. The second-order valence-corrected chi connectivity index (χ2v) is 4.36. The van der Waals surface area contributed by atoms with E-state index in [9.17, 15) is 9.18 Å². The third-order valence-electron chi connectivity index (χ3n) is 2.61. The first-order valence-corrected chi connectivity index (χ1v) is 6.23. The normalized spacial score (nSPS) is 9.67. The maximum Gasteiger partial charge on any atom is 0.274 e. The lowest BCUT2D eigenvalue weighted by Gasteiger charge is -2.06. The first-order valence-electron chi connectivity index (χ1n) is 6.23. The predicted molar refractivity (Wildman–Crippen MR) is 77.3 cm³/mol. The summed E-state index contributed by atoms with van der Waals surface area (Å²) in [7, 11) is 0. The highest BCUT2D eigenvalue weighted by atomic mass is 19.1. The van der Waals surface area contributed by atoms with Crippen molar-refractivity contribution in [2.24, 2.45) is 0 Å². The van der Waals surface area contributed by atoms with Crippen LogP contribution in [-0.4, -0.2) is 22.6 Å². The van der Waals surface area contributed by atoms with Crippen molar-refractivity contribution in [2.75, 3.05) is 11.9 Å². The average Bonchev–Trinajstić information content (AvgIpc) is 2.45. The van der Waals surface area contributed by atoms with Crippen molar-refractivity contribution in [3.63, 3.8) is 0 Å². The van der Waals surface area contributed by atoms with Gasteiger partial charge in [-0.1, -0.05) is 11.8 Å². The smallest absolute Gasteiger partial charge is 0.274 e. The third-order valence-corrected chi connectivity index (χ3v) is 2.61. The Kier molecular flexibility index (Phi) is 4.64. The molecule has 0 unspecified atom stereocenters. The zero-order valence-corrected chi connectivity index (χ0v) is 11.4. The second kappa shape index (κ2) is 6.64. The van der Waals surface area contributed by atoms with E-state index in [0.717, 1.165) is 11.8 Å². The summed E-state index contributed by atoms with van der Waals surface area (Å²) in [4.78, 5) is 15.7. The molecule has 0 bridgehead atoms. The number of nitrogens with zero attached hydrogens (tertiary/aromatic N) is 1. The van der Waals surface area contributed by atoms with Crippen molar-refractivity contribution in [3.05, 3.63) is 59.2 Å². The molecule has 1 aromatic heterocycles. The molecule has 5 heteroatoms. The number of aryl methyl sites for hydroxylation is 1. The molecule has 21 heavy (non-hydrogen) atoms. The van der Waals surface area contributed by atoms with E-state index in [1.54, 1.807) is 12.1 Å². The van der Waals surface area contributed by atoms with Crippen LogP contribution in [0.3, 0.4) is 0 Å². The Balaban J connectivity index is 2.20. The highest BCUT2D eigenvalue weighted by Gasteiger charge is 2.08. The van der Waals surface area contributed by atoms with Gasteiger partial charge in [-0.3, -0.25) is 4.79 Å². The zero-order valence-electron chi connectivity index (χ0n) is 11.4. The lowest BCUT2D eigenvalue weighted by Crippen LogP contribution is -2.13. The Hall–Kier alpha value is -2.71. The van der Waals surface area contributed by atoms with Gasteiger partial charge in [0.2, 0.25) is 0 Å². The molecule has 0 saturated heterocycles. The molecule has 1 aromatic carbocycles. The Bertz CT molecular complexity index is 715. The fourth-order valence-corrected chi connectivity index (χ4v) is 1.77. The van der Waals surface area contributed by atoms with Crippen LogP contribution < -0.4 is 5.32 Å². The maximum absolute atomic E-state index is 12.8. The molecule has 0 aliphatic carbocycles. The summed E-state index contributed by atoms with van der Waals surface area (Å²) in [6, 6.07) is 7.81. The van der Waals surface area contributed by atoms with Crippen molar-refractivity contribution >= 4 is 11.6 Å². The molecule has 0 fully saturated rings. The molecule has 0 atom stereocenters. The molecule has 2 N–H and O–H groups in total. The number of benzene rings is 1. The van der Waals surface area contributed by atoms with Gasteiger partial charge in [-0.25, -0.2) is 9.37 Å². The SMILES string of the molecule is Cc1cc(C#CCO)cc(NC(=O)c2ccc(F)cn2)c1. The summed E-state index contributed by atoms with van der Waals surface area (Å²) >= 11 is 0. The highest BCUT2D eigenvalue weighted by molar-refractivity contribution is 6.02. The Morgan fingerprint density at radius 1 is 1.38 bits per heavy atom. The van der Waals surface area contributed by atoms with Crippen LogP contribution in [0.4, 0.5) is 10.1 Å². The molecule has 4 nitrogen and oxygen atoms in total. The molecular weight excluding hydrogens is 271 g/mol. The van der Waals surface area contributed by atoms with E-state index in [1.807, 2.05) is 13.0 Å². The minimum Gasteiger partial charge on any atom is -0.384 e. The fourth-order valence-electron chi connectivity index (χ4n) is 1.77. The number of hydrogen-bond donors (Lipinski definition) is 2. The maximum atomic E-state index is 12.8. The van der Waals surface area contributed by atoms with Gasteiger partial charge in [-0.05, 0) is 42.8 Å². The van der Waals surface area contributed by atoms with Gasteiger partial charge in [0.25, 0.3) is 5.91 Å². The Morgan fingerprint density at radius 3 is 2.86 bits per heavy atom. The molecule has 2 aromatic rings. The molecule has 0 spiro atoms. The van der Waals surface area contributed by atoms with Crippen molar-refractivity contribution in [2.45, 2.75) is 6.92 Å². The van der Waals surface area contributed by atoms with Gasteiger partial charge in [-0.15, -0.1) is 0 Å². The monoisotopic (exact) mass is 284 g/mol. The van der Waals surface area contributed by atoms with Gasteiger partial charge in [0.1, 0.15) is 18.1 Å². The van der Waals surface area contributed by atoms with Crippen LogP contribution in [0.2, 0.25) is 0 Å². The van der Waals surface area contributed by atoms with E-state index in [4.69, 9.17) is 5.11 Å². The number of pyridine rings is 1. The van der Waals surface area contributed by atoms with Crippen LogP contribution in [0.5, 0.6) is 0 Å². The van der Waals surface area contributed by atoms with Gasteiger partial charge >= 0.3 is 0 Å². The van der Waals surface area contributed by atoms with E-state index >= 15 is 0 Å². The molecule has 2 rings (SSSR count). The number of amides is 1. The second-order valence-electron chi connectivity index (χ2n) is 4.36. The minimum atomic E-state index is -0.497. The summed E-state index contributed by atoms with van der Waals surface area (Å²) in [6.45, 7) is 1.64. The molecule has 0 aliphatic heterocycles. The molecular formula is C16H13FN2O2. The molecule has 0 aliphatic rings. The Labute approximate surface area is 121 Å². The number of aliphatic hydroxyl groups is 1. The molecule has 106 valence electrons. The molecule has 0 saturated carbocycles. The quantitative estimate of drug-likeness (QED) is 0.830. The fraction of sp³-hybridized carbons (Fsp3) is 0.125. The van der Waals surface area contributed by atoms with Crippen molar-refractivity contribution in [3.8, 4) is 11.8 Å². The van der Waals surface area contributed by atoms with Crippen molar-refractivity contribution < 1.29 is 14.3 Å². The molecule has 1 amide bonds. The summed E-state index contributed by atoms with van der Waals surface area (Å²) in [5.41, 5.74) is 2.29. The average molecular weight is 284 g/mol. The standard InChI is InChI=1S/C16H13FN2O2/c1-11-7-12(3-2-6-20)9-14(8-11)19-16(21)15-5-4-13(17)10-18-15/h4-5,7-10,20H,6H2,1H3,(H,19,21). The van der Waals surface area contributed by atoms with E-state index in [1.165, 1.54) is 12.1 Å². The van der Waals surface area contributed by atoms with E-state index in [2.05, 4.69) is 22.1 Å². The van der Waals surface area contributed by atoms with E-state index < -0.39 is 11.7 Å². The molecule has 0 radical (unpaired) electrons. The van der Waals surface area contributed by atoms with Crippen LogP contribution in [0.1, 0.15) is 21.6 Å². The largest absolute Gasteiger partial charge is 0.384 e. The highest BCUT2D eigenvalue weighted by Crippen LogP contribution is 2.15. The summed E-state index contributed by atoms with van der Waals surface area (Å²) in [5, 5.41) is 11.4. The Morgan fingerprint density at radius 2 is 2.19 bits per heavy atom. The number of carbonyl (C=O) groups excluding carboxylic acids is 1. The number of halogens is 1.